The van der Waals surface area contributed by atoms with Gasteiger partial charge in [0.25, 0.3) is 15.9 Å². The molecule has 0 bridgehead atoms. The summed E-state index contributed by atoms with van der Waals surface area (Å²) < 4.78 is 30.8. The SMILES string of the molecule is CON(C)S(=O)(=O)c1ccc(C(=O)NCCCOC2CCCCC2)cc1. The maximum atomic E-state index is 12.1. The van der Waals surface area contributed by atoms with Crippen LogP contribution in [0.15, 0.2) is 29.2 Å². The number of hydrogen-bond donors (Lipinski definition) is 1. The zero-order chi connectivity index (χ0) is 19.0. The quantitative estimate of drug-likeness (QED) is 0.522. The van der Waals surface area contributed by atoms with Crippen LogP contribution in [-0.4, -0.2) is 52.2 Å². The van der Waals surface area contributed by atoms with Crippen LogP contribution in [0, 0.1) is 0 Å². The highest BCUT2D eigenvalue weighted by Gasteiger charge is 2.21. The number of hydrogen-bond acceptors (Lipinski definition) is 5. The maximum absolute atomic E-state index is 12.1. The molecule has 0 spiro atoms. The highest BCUT2D eigenvalue weighted by atomic mass is 32.2. The normalized spacial score (nSPS) is 16.0. The monoisotopic (exact) mass is 384 g/mol. The van der Waals surface area contributed by atoms with Crippen LogP contribution >= 0.6 is 0 Å². The zero-order valence-electron chi connectivity index (χ0n) is 15.4. The number of carbonyl (C=O) groups excluding carboxylic acids is 1. The number of ether oxygens (including phenoxy) is 1. The van der Waals surface area contributed by atoms with Crippen LogP contribution in [0.25, 0.3) is 0 Å². The molecule has 1 aromatic carbocycles. The van der Waals surface area contributed by atoms with Gasteiger partial charge < -0.3 is 10.1 Å². The second-order valence-corrected chi connectivity index (χ2v) is 8.30. The predicted molar refractivity (Wildman–Crippen MR) is 98.2 cm³/mol. The summed E-state index contributed by atoms with van der Waals surface area (Å²) in [7, 11) is -1.12. The van der Waals surface area contributed by atoms with E-state index >= 15 is 0 Å². The second-order valence-electron chi connectivity index (χ2n) is 6.36. The first kappa shape index (κ1) is 20.8. The fourth-order valence-electron chi connectivity index (χ4n) is 2.88. The lowest BCUT2D eigenvalue weighted by molar-refractivity contribution is -0.0258. The number of carbonyl (C=O) groups is 1. The average molecular weight is 384 g/mol. The molecule has 7 nitrogen and oxygen atoms in total. The van der Waals surface area contributed by atoms with Gasteiger partial charge in [0.1, 0.15) is 0 Å². The van der Waals surface area contributed by atoms with E-state index in [0.29, 0.717) is 24.8 Å². The van der Waals surface area contributed by atoms with Crippen molar-refractivity contribution in [2.45, 2.75) is 49.5 Å². The number of nitrogens with one attached hydrogen (secondary N) is 1. The van der Waals surface area contributed by atoms with Gasteiger partial charge in [0, 0.05) is 25.8 Å². The van der Waals surface area contributed by atoms with Crippen LogP contribution in [0.3, 0.4) is 0 Å². The van der Waals surface area contributed by atoms with E-state index in [0.717, 1.165) is 23.7 Å². The highest BCUT2D eigenvalue weighted by molar-refractivity contribution is 7.89. The van der Waals surface area contributed by atoms with Gasteiger partial charge in [0.05, 0.1) is 18.1 Å². The Balaban J connectivity index is 1.75. The van der Waals surface area contributed by atoms with Gasteiger partial charge in [0.15, 0.2) is 0 Å². The van der Waals surface area contributed by atoms with Crippen LogP contribution in [0.5, 0.6) is 0 Å². The Labute approximate surface area is 155 Å². The number of hydroxylamine groups is 1. The fraction of sp³-hybridized carbons (Fsp3) is 0.611. The second kappa shape index (κ2) is 10.0. The van der Waals surface area contributed by atoms with Crippen LogP contribution < -0.4 is 5.32 Å². The molecule has 8 heteroatoms. The largest absolute Gasteiger partial charge is 0.378 e. The first-order valence-electron chi connectivity index (χ1n) is 8.98. The van der Waals surface area contributed by atoms with Crippen LogP contribution in [-0.2, 0) is 19.6 Å². The summed E-state index contributed by atoms with van der Waals surface area (Å²) >= 11 is 0. The van der Waals surface area contributed by atoms with Crippen molar-refractivity contribution in [2.24, 2.45) is 0 Å². The first-order chi connectivity index (χ1) is 12.4. The molecule has 0 atom stereocenters. The highest BCUT2D eigenvalue weighted by Crippen LogP contribution is 2.20. The van der Waals surface area contributed by atoms with Crippen LogP contribution in [0.4, 0.5) is 0 Å². The van der Waals surface area contributed by atoms with Gasteiger partial charge in [-0.1, -0.05) is 23.7 Å². The molecule has 0 heterocycles. The molecular weight excluding hydrogens is 356 g/mol. The smallest absolute Gasteiger partial charge is 0.264 e. The number of nitrogens with zero attached hydrogens (tertiary/aromatic N) is 1. The van der Waals surface area contributed by atoms with Gasteiger partial charge in [-0.2, -0.15) is 0 Å². The molecule has 1 amide bonds. The molecule has 146 valence electrons. The van der Waals surface area contributed by atoms with Gasteiger partial charge in [-0.3, -0.25) is 9.63 Å². The number of benzene rings is 1. The Hall–Kier alpha value is -1.48. The van der Waals surface area contributed by atoms with Gasteiger partial charge in [-0.25, -0.2) is 8.42 Å². The van der Waals surface area contributed by atoms with Crippen molar-refractivity contribution in [1.82, 2.24) is 9.79 Å². The molecule has 2 rings (SSSR count). The zero-order valence-corrected chi connectivity index (χ0v) is 16.3. The Bertz CT molecular complexity index is 669. The van der Waals surface area contributed by atoms with Crippen LogP contribution in [0.1, 0.15) is 48.9 Å². The Morgan fingerprint density at radius 2 is 1.85 bits per heavy atom. The molecule has 1 saturated carbocycles. The van der Waals surface area contributed by atoms with Crippen molar-refractivity contribution in [1.29, 1.82) is 0 Å². The molecule has 1 N–H and O–H groups in total. The van der Waals surface area contributed by atoms with E-state index < -0.39 is 10.0 Å². The molecular formula is C18H28N2O5S. The van der Waals surface area contributed by atoms with Gasteiger partial charge in [-0.15, -0.1) is 0 Å². The Morgan fingerprint density at radius 3 is 2.46 bits per heavy atom. The molecule has 1 aliphatic rings. The van der Waals surface area contributed by atoms with Crippen molar-refractivity contribution >= 4 is 15.9 Å². The van der Waals surface area contributed by atoms with E-state index in [2.05, 4.69) is 5.32 Å². The lowest BCUT2D eigenvalue weighted by atomic mass is 9.98. The summed E-state index contributed by atoms with van der Waals surface area (Å²) in [4.78, 5) is 16.9. The molecule has 0 unspecified atom stereocenters. The molecule has 0 saturated heterocycles. The topological polar surface area (TPSA) is 84.9 Å². The standard InChI is InChI=1S/C18H28N2O5S/c1-20(24-2)26(22,23)17-11-9-15(10-12-17)18(21)19-13-6-14-25-16-7-4-3-5-8-16/h9-12,16H,3-8,13-14H2,1-2H3,(H,19,21). The third kappa shape index (κ3) is 5.77. The number of amides is 1. The molecule has 26 heavy (non-hydrogen) atoms. The molecule has 1 aliphatic carbocycles. The average Bonchev–Trinajstić information content (AvgIpc) is 2.67. The van der Waals surface area contributed by atoms with Crippen LogP contribution in [0.2, 0.25) is 0 Å². The van der Waals surface area contributed by atoms with Crippen molar-refractivity contribution < 1.29 is 22.8 Å². The maximum Gasteiger partial charge on any atom is 0.264 e. The minimum atomic E-state index is -3.70. The minimum Gasteiger partial charge on any atom is -0.378 e. The van der Waals surface area contributed by atoms with Crippen molar-refractivity contribution in [2.75, 3.05) is 27.3 Å². The molecule has 0 radical (unpaired) electrons. The minimum absolute atomic E-state index is 0.0688. The summed E-state index contributed by atoms with van der Waals surface area (Å²) in [6.45, 7) is 1.17. The van der Waals surface area contributed by atoms with Gasteiger partial charge in [0.2, 0.25) is 0 Å². The number of sulfonamides is 1. The summed E-state index contributed by atoms with van der Waals surface area (Å²) in [6.07, 6.45) is 7.20. The van der Waals surface area contributed by atoms with E-state index in [9.17, 15) is 13.2 Å². The fourth-order valence-corrected chi connectivity index (χ4v) is 3.86. The molecule has 0 aliphatic heterocycles. The summed E-state index contributed by atoms with van der Waals surface area (Å²) in [6, 6.07) is 5.77. The van der Waals surface area contributed by atoms with Crippen molar-refractivity contribution in [3.05, 3.63) is 29.8 Å². The van der Waals surface area contributed by atoms with Crippen molar-refractivity contribution in [3.8, 4) is 0 Å². The predicted octanol–water partition coefficient (Wildman–Crippen LogP) is 2.34. The van der Waals surface area contributed by atoms with E-state index in [-0.39, 0.29) is 10.8 Å². The Kier molecular flexibility index (Phi) is 8.02. The van der Waals surface area contributed by atoms with E-state index in [1.165, 1.54) is 57.7 Å². The van der Waals surface area contributed by atoms with E-state index in [1.54, 1.807) is 0 Å². The summed E-state index contributed by atoms with van der Waals surface area (Å²) in [5.41, 5.74) is 0.414. The van der Waals surface area contributed by atoms with Gasteiger partial charge >= 0.3 is 0 Å². The lowest BCUT2D eigenvalue weighted by Gasteiger charge is -2.21. The van der Waals surface area contributed by atoms with E-state index in [1.807, 2.05) is 0 Å². The summed E-state index contributed by atoms with van der Waals surface area (Å²) in [5.74, 6) is -0.230. The van der Waals surface area contributed by atoms with E-state index in [4.69, 9.17) is 9.57 Å². The molecule has 1 fully saturated rings. The third-order valence-corrected chi connectivity index (χ3v) is 6.22. The lowest BCUT2D eigenvalue weighted by Crippen LogP contribution is -2.27. The molecule has 1 aromatic rings. The Morgan fingerprint density at radius 1 is 1.19 bits per heavy atom. The van der Waals surface area contributed by atoms with Gasteiger partial charge in [-0.05, 0) is 43.5 Å². The molecule has 0 aromatic heterocycles. The first-order valence-corrected chi connectivity index (χ1v) is 10.4. The summed E-state index contributed by atoms with van der Waals surface area (Å²) in [5, 5.41) is 2.83. The third-order valence-electron chi connectivity index (χ3n) is 4.52. The van der Waals surface area contributed by atoms with Crippen molar-refractivity contribution in [3.63, 3.8) is 0 Å². The number of rotatable bonds is 9.